The number of carbonyl (C=O) groups excluding carboxylic acids is 3. The second-order valence-corrected chi connectivity index (χ2v) is 6.26. The summed E-state index contributed by atoms with van der Waals surface area (Å²) in [5.74, 6) is -2.98. The molecule has 0 saturated heterocycles. The number of carboxylic acid groups (broad SMARTS) is 1. The zero-order chi connectivity index (χ0) is 20.4. The molecule has 0 aliphatic rings. The first-order chi connectivity index (χ1) is 12.7. The normalized spacial score (nSPS) is 13.7. The van der Waals surface area contributed by atoms with Gasteiger partial charge in [0.05, 0.1) is 12.6 Å². The first kappa shape index (κ1) is 22.5. The number of amides is 3. The van der Waals surface area contributed by atoms with Crippen molar-refractivity contribution < 1.29 is 24.3 Å². The second kappa shape index (κ2) is 11.2. The largest absolute Gasteiger partial charge is 0.480 e. The lowest BCUT2D eigenvalue weighted by molar-refractivity contribution is -0.141. The van der Waals surface area contributed by atoms with Gasteiger partial charge < -0.3 is 26.8 Å². The van der Waals surface area contributed by atoms with Crippen LogP contribution in [0.3, 0.4) is 0 Å². The Bertz CT molecular complexity index is 669. The van der Waals surface area contributed by atoms with Crippen molar-refractivity contribution >= 4 is 36.3 Å². The van der Waals surface area contributed by atoms with Crippen molar-refractivity contribution in [3.8, 4) is 0 Å². The zero-order valence-corrected chi connectivity index (χ0v) is 15.7. The minimum Gasteiger partial charge on any atom is -0.480 e. The molecule has 9 nitrogen and oxygen atoms in total. The molecule has 0 bridgehead atoms. The van der Waals surface area contributed by atoms with E-state index < -0.39 is 48.4 Å². The average molecular weight is 396 g/mol. The molecule has 1 rings (SSSR count). The van der Waals surface area contributed by atoms with Crippen LogP contribution in [0.25, 0.3) is 0 Å². The van der Waals surface area contributed by atoms with Crippen molar-refractivity contribution in [3.05, 3.63) is 35.9 Å². The summed E-state index contributed by atoms with van der Waals surface area (Å²) >= 11 is 3.99. The molecule has 0 radical (unpaired) electrons. The Labute approximate surface area is 162 Å². The predicted molar refractivity (Wildman–Crippen MR) is 102 cm³/mol. The van der Waals surface area contributed by atoms with Crippen molar-refractivity contribution in [1.29, 1.82) is 0 Å². The van der Waals surface area contributed by atoms with E-state index in [1.165, 1.54) is 6.92 Å². The number of benzene rings is 1. The lowest BCUT2D eigenvalue weighted by Crippen LogP contribution is -2.53. The molecule has 148 valence electrons. The first-order valence-electron chi connectivity index (χ1n) is 8.25. The molecule has 3 unspecified atom stereocenters. The molecule has 1 aromatic rings. The summed E-state index contributed by atoms with van der Waals surface area (Å²) in [5.41, 5.74) is 6.17. The molecule has 3 amide bonds. The van der Waals surface area contributed by atoms with Crippen LogP contribution >= 0.6 is 12.6 Å². The van der Waals surface area contributed by atoms with Crippen LogP contribution in [0.15, 0.2) is 30.3 Å². The van der Waals surface area contributed by atoms with E-state index in [9.17, 15) is 24.3 Å². The summed E-state index contributed by atoms with van der Waals surface area (Å²) in [6.45, 7) is 1.03. The Morgan fingerprint density at radius 2 is 1.70 bits per heavy atom. The highest BCUT2D eigenvalue weighted by molar-refractivity contribution is 7.80. The third kappa shape index (κ3) is 8.09. The quantitative estimate of drug-likeness (QED) is 0.270. The van der Waals surface area contributed by atoms with Crippen molar-refractivity contribution in [3.63, 3.8) is 0 Å². The Hall–Kier alpha value is -2.59. The smallest absolute Gasteiger partial charge is 0.326 e. The molecule has 0 aromatic heterocycles. The lowest BCUT2D eigenvalue weighted by Gasteiger charge is -2.18. The van der Waals surface area contributed by atoms with Crippen molar-refractivity contribution in [1.82, 2.24) is 16.0 Å². The van der Waals surface area contributed by atoms with E-state index >= 15 is 0 Å². The van der Waals surface area contributed by atoms with E-state index in [-0.39, 0.29) is 12.2 Å². The van der Waals surface area contributed by atoms with E-state index in [1.54, 1.807) is 30.3 Å². The van der Waals surface area contributed by atoms with Gasteiger partial charge in [-0.05, 0) is 12.5 Å². The van der Waals surface area contributed by atoms with Gasteiger partial charge in [0, 0.05) is 12.2 Å². The van der Waals surface area contributed by atoms with Crippen molar-refractivity contribution in [2.24, 2.45) is 5.73 Å². The highest BCUT2D eigenvalue weighted by Crippen LogP contribution is 2.03. The van der Waals surface area contributed by atoms with E-state index in [4.69, 9.17) is 5.73 Å². The van der Waals surface area contributed by atoms with Gasteiger partial charge in [0.1, 0.15) is 12.1 Å². The van der Waals surface area contributed by atoms with Crippen molar-refractivity contribution in [2.75, 3.05) is 12.3 Å². The molecule has 0 saturated carbocycles. The number of carboxylic acids is 1. The number of thiol groups is 1. The third-order valence-corrected chi connectivity index (χ3v) is 3.93. The minimum absolute atomic E-state index is 0.0116. The van der Waals surface area contributed by atoms with Gasteiger partial charge in [-0.25, -0.2) is 4.79 Å². The Kier molecular flexibility index (Phi) is 9.31. The fraction of sp³-hybridized carbons (Fsp3) is 0.412. The Morgan fingerprint density at radius 3 is 2.22 bits per heavy atom. The summed E-state index contributed by atoms with van der Waals surface area (Å²) in [7, 11) is 0. The summed E-state index contributed by atoms with van der Waals surface area (Å²) in [6.07, 6.45) is 0.111. The molecular formula is C17H24N4O5S. The number of nitrogens with one attached hydrogen (secondary N) is 3. The maximum atomic E-state index is 12.0. The maximum absolute atomic E-state index is 12.0. The minimum atomic E-state index is -1.18. The fourth-order valence-corrected chi connectivity index (χ4v) is 2.34. The van der Waals surface area contributed by atoms with Crippen molar-refractivity contribution in [2.45, 2.75) is 31.5 Å². The number of rotatable bonds is 10. The number of carbonyl (C=O) groups is 4. The van der Waals surface area contributed by atoms with Crippen LogP contribution in [0.2, 0.25) is 0 Å². The fourth-order valence-electron chi connectivity index (χ4n) is 2.08. The second-order valence-electron chi connectivity index (χ2n) is 5.90. The van der Waals surface area contributed by atoms with Gasteiger partial charge in [-0.1, -0.05) is 30.3 Å². The molecule has 27 heavy (non-hydrogen) atoms. The molecule has 0 aliphatic carbocycles. The van der Waals surface area contributed by atoms with Crippen LogP contribution < -0.4 is 21.7 Å². The number of aliphatic carboxylic acids is 1. The summed E-state index contributed by atoms with van der Waals surface area (Å²) < 4.78 is 0. The van der Waals surface area contributed by atoms with Crippen LogP contribution in [0.1, 0.15) is 12.5 Å². The Morgan fingerprint density at radius 1 is 1.07 bits per heavy atom. The molecule has 6 N–H and O–H groups in total. The van der Waals surface area contributed by atoms with E-state index in [1.807, 2.05) is 0 Å². The molecule has 0 spiro atoms. The lowest BCUT2D eigenvalue weighted by atomic mass is 10.1. The molecule has 0 heterocycles. The van der Waals surface area contributed by atoms with Crippen LogP contribution in [-0.4, -0.2) is 59.2 Å². The molecule has 10 heteroatoms. The Balaban J connectivity index is 2.54. The summed E-state index contributed by atoms with van der Waals surface area (Å²) in [4.78, 5) is 46.9. The van der Waals surface area contributed by atoms with E-state index in [2.05, 4.69) is 28.6 Å². The summed E-state index contributed by atoms with van der Waals surface area (Å²) in [5, 5.41) is 16.4. The monoisotopic (exact) mass is 396 g/mol. The van der Waals surface area contributed by atoms with Gasteiger partial charge in [-0.2, -0.15) is 12.6 Å². The standard InChI is InChI=1S/C17H24N4O5S/c1-10(18)15(23)21-13(9-27)16(24)19-8-14(22)20-12(17(25)26)7-11-5-3-2-4-6-11/h2-6,10,12-13,27H,7-9,18H2,1H3,(H,19,24)(H,20,22)(H,21,23)(H,25,26). The SMILES string of the molecule is CC(N)C(=O)NC(CS)C(=O)NCC(=O)NC(Cc1ccccc1)C(=O)O. The first-order valence-corrected chi connectivity index (χ1v) is 8.88. The number of hydrogen-bond acceptors (Lipinski definition) is 6. The van der Waals surface area contributed by atoms with E-state index in [0.29, 0.717) is 0 Å². The van der Waals surface area contributed by atoms with Gasteiger partial charge in [0.25, 0.3) is 0 Å². The van der Waals surface area contributed by atoms with Gasteiger partial charge in [0.15, 0.2) is 0 Å². The predicted octanol–water partition coefficient (Wildman–Crippen LogP) is -1.32. The molecule has 1 aromatic carbocycles. The van der Waals surface area contributed by atoms with Crippen LogP contribution in [0, 0.1) is 0 Å². The van der Waals surface area contributed by atoms with E-state index in [0.717, 1.165) is 5.56 Å². The summed E-state index contributed by atoms with van der Waals surface area (Å²) in [6, 6.07) is 5.96. The highest BCUT2D eigenvalue weighted by Gasteiger charge is 2.23. The van der Waals surface area contributed by atoms with Gasteiger partial charge >= 0.3 is 5.97 Å². The van der Waals surface area contributed by atoms with Crippen LogP contribution in [-0.2, 0) is 25.6 Å². The molecule has 3 atom stereocenters. The van der Waals surface area contributed by atoms with Gasteiger partial charge in [0.2, 0.25) is 17.7 Å². The topological polar surface area (TPSA) is 151 Å². The average Bonchev–Trinajstić information content (AvgIpc) is 2.64. The zero-order valence-electron chi connectivity index (χ0n) is 14.8. The van der Waals surface area contributed by atoms with Crippen LogP contribution in [0.4, 0.5) is 0 Å². The van der Waals surface area contributed by atoms with Gasteiger partial charge in [-0.3, -0.25) is 14.4 Å². The van der Waals surface area contributed by atoms with Crippen LogP contribution in [0.5, 0.6) is 0 Å². The molecular weight excluding hydrogens is 372 g/mol. The third-order valence-electron chi connectivity index (χ3n) is 3.57. The molecule has 0 fully saturated rings. The number of nitrogens with two attached hydrogens (primary N) is 1. The number of hydrogen-bond donors (Lipinski definition) is 6. The maximum Gasteiger partial charge on any atom is 0.326 e. The molecule has 0 aliphatic heterocycles. The van der Waals surface area contributed by atoms with Gasteiger partial charge in [-0.15, -0.1) is 0 Å². The highest BCUT2D eigenvalue weighted by atomic mass is 32.1.